The number of likely N-dealkylation sites (tertiary alicyclic amines) is 1. The fraction of sp³-hybridized carbons (Fsp3) is 0.600. The summed E-state index contributed by atoms with van der Waals surface area (Å²) >= 11 is 0. The molecule has 1 saturated heterocycles. The molecule has 0 atom stereocenters. The minimum atomic E-state index is -3.43. The van der Waals surface area contributed by atoms with Crippen molar-refractivity contribution in [3.8, 4) is 5.75 Å². The molecular formula is C15H22N2O3S. The quantitative estimate of drug-likeness (QED) is 0.897. The van der Waals surface area contributed by atoms with Crippen molar-refractivity contribution in [2.75, 3.05) is 20.2 Å². The number of ether oxygens (including phenoxy) is 1. The van der Waals surface area contributed by atoms with Crippen molar-refractivity contribution in [3.05, 3.63) is 24.3 Å². The molecule has 1 heterocycles. The lowest BCUT2D eigenvalue weighted by Gasteiger charge is -2.32. The first-order chi connectivity index (χ1) is 10.1. The number of piperidine rings is 1. The van der Waals surface area contributed by atoms with Crippen LogP contribution in [-0.4, -0.2) is 45.6 Å². The minimum Gasteiger partial charge on any atom is -0.497 e. The summed E-state index contributed by atoms with van der Waals surface area (Å²) in [6.45, 7) is 2.00. The van der Waals surface area contributed by atoms with Gasteiger partial charge in [-0.25, -0.2) is 13.1 Å². The van der Waals surface area contributed by atoms with Gasteiger partial charge in [-0.15, -0.1) is 0 Å². The van der Waals surface area contributed by atoms with E-state index in [9.17, 15) is 8.42 Å². The topological polar surface area (TPSA) is 58.6 Å². The van der Waals surface area contributed by atoms with E-state index < -0.39 is 10.0 Å². The molecule has 1 saturated carbocycles. The maximum absolute atomic E-state index is 12.4. The lowest BCUT2D eigenvalue weighted by Crippen LogP contribution is -2.45. The van der Waals surface area contributed by atoms with Gasteiger partial charge in [-0.05, 0) is 63.0 Å². The second-order valence-electron chi connectivity index (χ2n) is 5.84. The molecule has 1 N–H and O–H groups in total. The van der Waals surface area contributed by atoms with E-state index in [-0.39, 0.29) is 6.04 Å². The summed E-state index contributed by atoms with van der Waals surface area (Å²) in [5, 5.41) is 0. The lowest BCUT2D eigenvalue weighted by atomic mass is 10.1. The number of rotatable bonds is 5. The maximum Gasteiger partial charge on any atom is 0.240 e. The van der Waals surface area contributed by atoms with Gasteiger partial charge in [0.1, 0.15) is 5.75 Å². The average Bonchev–Trinajstić information content (AvgIpc) is 3.32. The van der Waals surface area contributed by atoms with Crippen LogP contribution in [0.25, 0.3) is 0 Å². The molecular weight excluding hydrogens is 288 g/mol. The van der Waals surface area contributed by atoms with Crippen LogP contribution in [0.5, 0.6) is 5.75 Å². The molecule has 1 aliphatic heterocycles. The maximum atomic E-state index is 12.4. The van der Waals surface area contributed by atoms with E-state index in [1.165, 1.54) is 12.8 Å². The van der Waals surface area contributed by atoms with E-state index in [1.807, 2.05) is 0 Å². The van der Waals surface area contributed by atoms with Gasteiger partial charge in [-0.3, -0.25) is 0 Å². The molecule has 0 unspecified atom stereocenters. The summed E-state index contributed by atoms with van der Waals surface area (Å²) in [4.78, 5) is 2.78. The molecule has 1 aromatic carbocycles. The van der Waals surface area contributed by atoms with Crippen molar-refractivity contribution in [1.82, 2.24) is 9.62 Å². The number of nitrogens with zero attached hydrogens (tertiary/aromatic N) is 1. The van der Waals surface area contributed by atoms with Gasteiger partial charge in [0.15, 0.2) is 0 Å². The highest BCUT2D eigenvalue weighted by Gasteiger charge is 2.32. The van der Waals surface area contributed by atoms with Gasteiger partial charge in [0.2, 0.25) is 10.0 Å². The van der Waals surface area contributed by atoms with Crippen molar-refractivity contribution in [3.63, 3.8) is 0 Å². The van der Waals surface area contributed by atoms with Gasteiger partial charge in [0.05, 0.1) is 12.0 Å². The zero-order valence-corrected chi connectivity index (χ0v) is 13.1. The molecule has 0 aromatic heterocycles. The van der Waals surface area contributed by atoms with Crippen LogP contribution in [0.4, 0.5) is 0 Å². The molecule has 116 valence electrons. The highest BCUT2D eigenvalue weighted by molar-refractivity contribution is 7.89. The van der Waals surface area contributed by atoms with E-state index in [2.05, 4.69) is 9.62 Å². The molecule has 2 fully saturated rings. The number of hydrogen-bond donors (Lipinski definition) is 1. The van der Waals surface area contributed by atoms with E-state index >= 15 is 0 Å². The standard InChI is InChI=1S/C15H22N2O3S/c1-20-14-4-6-15(7-5-14)21(18,19)16-12-8-10-17(11-9-12)13-2-3-13/h4-7,12-13,16H,2-3,8-11H2,1H3. The number of hydrogen-bond acceptors (Lipinski definition) is 4. The van der Waals surface area contributed by atoms with Gasteiger partial charge in [0, 0.05) is 12.1 Å². The molecule has 0 bridgehead atoms. The number of methoxy groups -OCH3 is 1. The van der Waals surface area contributed by atoms with Crippen LogP contribution in [0.15, 0.2) is 29.2 Å². The molecule has 0 amide bonds. The zero-order valence-electron chi connectivity index (χ0n) is 12.3. The Kier molecular flexibility index (Phi) is 4.19. The molecule has 2 aliphatic rings. The predicted octanol–water partition coefficient (Wildman–Crippen LogP) is 1.60. The normalized spacial score (nSPS) is 21.4. The Morgan fingerprint density at radius 3 is 2.24 bits per heavy atom. The highest BCUT2D eigenvalue weighted by Crippen LogP contribution is 2.29. The van der Waals surface area contributed by atoms with E-state index in [1.54, 1.807) is 31.4 Å². The lowest BCUT2D eigenvalue weighted by molar-refractivity contribution is 0.199. The van der Waals surface area contributed by atoms with Gasteiger partial charge < -0.3 is 9.64 Å². The van der Waals surface area contributed by atoms with Crippen molar-refractivity contribution in [2.45, 2.75) is 42.7 Å². The highest BCUT2D eigenvalue weighted by atomic mass is 32.2. The summed E-state index contributed by atoms with van der Waals surface area (Å²) in [5.41, 5.74) is 0. The van der Waals surface area contributed by atoms with Crippen LogP contribution < -0.4 is 9.46 Å². The Morgan fingerprint density at radius 1 is 1.10 bits per heavy atom. The third-order valence-corrected chi connectivity index (χ3v) is 5.82. The Morgan fingerprint density at radius 2 is 1.71 bits per heavy atom. The Labute approximate surface area is 126 Å². The van der Waals surface area contributed by atoms with E-state index in [4.69, 9.17) is 4.74 Å². The number of nitrogens with one attached hydrogen (secondary N) is 1. The molecule has 5 nitrogen and oxygen atoms in total. The smallest absolute Gasteiger partial charge is 0.240 e. The van der Waals surface area contributed by atoms with Crippen LogP contribution in [0.3, 0.4) is 0 Å². The Balaban J connectivity index is 1.60. The molecule has 1 aromatic rings. The van der Waals surface area contributed by atoms with Crippen molar-refractivity contribution in [1.29, 1.82) is 0 Å². The fourth-order valence-electron chi connectivity index (χ4n) is 2.86. The van der Waals surface area contributed by atoms with Crippen molar-refractivity contribution in [2.24, 2.45) is 0 Å². The second kappa shape index (κ2) is 5.94. The largest absolute Gasteiger partial charge is 0.497 e. The number of benzene rings is 1. The van der Waals surface area contributed by atoms with Crippen molar-refractivity contribution >= 4 is 10.0 Å². The zero-order chi connectivity index (χ0) is 14.9. The third-order valence-electron chi connectivity index (χ3n) is 4.28. The fourth-order valence-corrected chi connectivity index (χ4v) is 4.17. The Hall–Kier alpha value is -1.11. The van der Waals surface area contributed by atoms with Crippen LogP contribution in [-0.2, 0) is 10.0 Å². The summed E-state index contributed by atoms with van der Waals surface area (Å²) in [6.07, 6.45) is 4.41. The van der Waals surface area contributed by atoms with Crippen molar-refractivity contribution < 1.29 is 13.2 Å². The molecule has 6 heteroatoms. The summed E-state index contributed by atoms with van der Waals surface area (Å²) in [7, 11) is -1.87. The van der Waals surface area contributed by atoms with Crippen LogP contribution in [0.1, 0.15) is 25.7 Å². The first-order valence-corrected chi connectivity index (χ1v) is 8.97. The summed E-state index contributed by atoms with van der Waals surface area (Å²) in [6, 6.07) is 7.33. The van der Waals surface area contributed by atoms with Gasteiger partial charge in [0.25, 0.3) is 0 Å². The Bertz CT molecular complexity index is 573. The van der Waals surface area contributed by atoms with Crippen LogP contribution >= 0.6 is 0 Å². The first-order valence-electron chi connectivity index (χ1n) is 7.49. The van der Waals surface area contributed by atoms with Crippen LogP contribution in [0.2, 0.25) is 0 Å². The van der Waals surface area contributed by atoms with E-state index in [0.29, 0.717) is 10.6 Å². The average molecular weight is 310 g/mol. The molecule has 21 heavy (non-hydrogen) atoms. The van der Waals surface area contributed by atoms with Gasteiger partial charge in [-0.1, -0.05) is 0 Å². The molecule has 1 aliphatic carbocycles. The predicted molar refractivity (Wildman–Crippen MR) is 80.9 cm³/mol. The van der Waals surface area contributed by atoms with Crippen LogP contribution in [0, 0.1) is 0 Å². The summed E-state index contributed by atoms with van der Waals surface area (Å²) < 4.78 is 32.6. The SMILES string of the molecule is COc1ccc(S(=O)(=O)NC2CCN(C3CC3)CC2)cc1. The third kappa shape index (κ3) is 3.56. The molecule has 3 rings (SSSR count). The first kappa shape index (κ1) is 14.8. The summed E-state index contributed by atoms with van der Waals surface area (Å²) in [5.74, 6) is 0.659. The monoisotopic (exact) mass is 310 g/mol. The number of sulfonamides is 1. The van der Waals surface area contributed by atoms with E-state index in [0.717, 1.165) is 32.0 Å². The van der Waals surface area contributed by atoms with Gasteiger partial charge >= 0.3 is 0 Å². The molecule has 0 spiro atoms. The minimum absolute atomic E-state index is 0.0482. The second-order valence-corrected chi connectivity index (χ2v) is 7.55. The van der Waals surface area contributed by atoms with Gasteiger partial charge in [-0.2, -0.15) is 0 Å². The molecule has 0 radical (unpaired) electrons.